The summed E-state index contributed by atoms with van der Waals surface area (Å²) in [4.78, 5) is 15.7. The molecule has 56 heavy (non-hydrogen) atoms. The van der Waals surface area contributed by atoms with E-state index in [4.69, 9.17) is 15.0 Å². The second-order valence-corrected chi connectivity index (χ2v) is 15.4. The molecule has 0 aliphatic carbocycles. The van der Waals surface area contributed by atoms with Crippen LogP contribution in [-0.2, 0) is 0 Å². The molecule has 0 amide bonds. The van der Waals surface area contributed by atoms with Crippen LogP contribution in [0.15, 0.2) is 182 Å². The normalized spacial score (nSPS) is 11.9. The average Bonchev–Trinajstić information content (AvgIpc) is 3.84. The van der Waals surface area contributed by atoms with Crippen LogP contribution in [0.3, 0.4) is 0 Å². The fourth-order valence-corrected chi connectivity index (χ4v) is 10.1. The molecule has 3 heterocycles. The second-order valence-electron chi connectivity index (χ2n) is 14.4. The molecule has 0 aliphatic rings. The highest BCUT2D eigenvalue weighted by molar-refractivity contribution is 7.27. The Hall–Kier alpha value is -7.21. The molecule has 3 aromatic heterocycles. The Kier molecular flexibility index (Phi) is 6.76. The highest BCUT2D eigenvalue weighted by atomic mass is 32.1. The van der Waals surface area contributed by atoms with E-state index in [0.717, 1.165) is 27.5 Å². The predicted molar refractivity (Wildman–Crippen MR) is 236 cm³/mol. The number of aromatic nitrogens is 4. The molecule has 260 valence electrons. The maximum atomic E-state index is 5.30. The van der Waals surface area contributed by atoms with Gasteiger partial charge in [0, 0.05) is 47.5 Å². The van der Waals surface area contributed by atoms with Gasteiger partial charge in [-0.25, -0.2) is 4.98 Å². The van der Waals surface area contributed by atoms with Crippen molar-refractivity contribution in [3.8, 4) is 39.9 Å². The van der Waals surface area contributed by atoms with E-state index in [9.17, 15) is 0 Å². The van der Waals surface area contributed by atoms with Gasteiger partial charge in [0.1, 0.15) is 0 Å². The van der Waals surface area contributed by atoms with E-state index in [1.165, 1.54) is 69.0 Å². The van der Waals surface area contributed by atoms with Gasteiger partial charge < -0.3 is 0 Å². The van der Waals surface area contributed by atoms with Crippen molar-refractivity contribution < 1.29 is 0 Å². The summed E-state index contributed by atoms with van der Waals surface area (Å²) in [6, 6.07) is 64.8. The maximum absolute atomic E-state index is 5.30. The fourth-order valence-electron chi connectivity index (χ4n) is 8.70. The molecule has 5 heteroatoms. The first-order chi connectivity index (χ1) is 27.8. The highest BCUT2D eigenvalue weighted by Gasteiger charge is 2.25. The summed E-state index contributed by atoms with van der Waals surface area (Å²) in [7, 11) is 0. The van der Waals surface area contributed by atoms with Crippen LogP contribution in [0.2, 0.25) is 0 Å². The summed E-state index contributed by atoms with van der Waals surface area (Å²) in [6.07, 6.45) is 0. The molecule has 0 fully saturated rings. The van der Waals surface area contributed by atoms with Crippen LogP contribution in [0.5, 0.6) is 0 Å². The minimum absolute atomic E-state index is 0.593. The largest absolute Gasteiger partial charge is 0.277 e. The first kappa shape index (κ1) is 31.2. The summed E-state index contributed by atoms with van der Waals surface area (Å²) in [5, 5.41) is 12.3. The summed E-state index contributed by atoms with van der Waals surface area (Å²) in [5.41, 5.74) is 6.52. The smallest absolute Gasteiger partial charge is 0.238 e. The number of thiophene rings is 1. The molecule has 0 N–H and O–H groups in total. The van der Waals surface area contributed by atoms with Crippen LogP contribution in [0.4, 0.5) is 0 Å². The SMILES string of the molecule is c1ccc(-c2nc(-c3ccccc3)nc(-n3c4ccc5ccccc5c4c4c5sc6c(-c7ccc8ccccc8c7)cccc6c5c5ccccc5c43)n2)cc1. The van der Waals surface area contributed by atoms with Gasteiger partial charge >= 0.3 is 0 Å². The van der Waals surface area contributed by atoms with Crippen molar-refractivity contribution in [2.24, 2.45) is 0 Å². The molecule has 0 atom stereocenters. The van der Waals surface area contributed by atoms with Crippen LogP contribution in [0.1, 0.15) is 0 Å². The van der Waals surface area contributed by atoms with Crippen LogP contribution in [-0.4, -0.2) is 19.5 Å². The van der Waals surface area contributed by atoms with Gasteiger partial charge in [-0.3, -0.25) is 4.57 Å². The van der Waals surface area contributed by atoms with Gasteiger partial charge in [-0.2, -0.15) is 9.97 Å². The molecule has 12 rings (SSSR count). The van der Waals surface area contributed by atoms with E-state index in [2.05, 4.69) is 150 Å². The van der Waals surface area contributed by atoms with E-state index in [1.807, 2.05) is 47.7 Å². The van der Waals surface area contributed by atoms with Crippen molar-refractivity contribution in [1.29, 1.82) is 0 Å². The molecule has 12 aromatic rings. The van der Waals surface area contributed by atoms with Crippen molar-refractivity contribution in [3.05, 3.63) is 182 Å². The zero-order valence-corrected chi connectivity index (χ0v) is 30.8. The molecular weight excluding hydrogens is 701 g/mol. The summed E-state index contributed by atoms with van der Waals surface area (Å²) in [5.74, 6) is 1.87. The van der Waals surface area contributed by atoms with Gasteiger partial charge in [0.25, 0.3) is 0 Å². The molecule has 0 aliphatic heterocycles. The number of rotatable bonds is 4. The number of hydrogen-bond donors (Lipinski definition) is 0. The third kappa shape index (κ3) is 4.62. The maximum Gasteiger partial charge on any atom is 0.238 e. The lowest BCUT2D eigenvalue weighted by Crippen LogP contribution is -2.06. The third-order valence-corrected chi connectivity index (χ3v) is 12.5. The Labute approximate surface area is 325 Å². The van der Waals surface area contributed by atoms with Gasteiger partial charge in [-0.05, 0) is 50.2 Å². The average molecular weight is 731 g/mol. The minimum atomic E-state index is 0.593. The lowest BCUT2D eigenvalue weighted by atomic mass is 9.96. The van der Waals surface area contributed by atoms with Gasteiger partial charge in [0.05, 0.1) is 11.0 Å². The molecule has 0 saturated carbocycles. The Morgan fingerprint density at radius 3 is 1.73 bits per heavy atom. The molecule has 0 saturated heterocycles. The Morgan fingerprint density at radius 1 is 0.375 bits per heavy atom. The first-order valence-electron chi connectivity index (χ1n) is 18.9. The van der Waals surface area contributed by atoms with Crippen molar-refractivity contribution in [1.82, 2.24) is 19.5 Å². The van der Waals surface area contributed by atoms with Crippen molar-refractivity contribution in [3.63, 3.8) is 0 Å². The molecular formula is C51H30N4S. The van der Waals surface area contributed by atoms with E-state index in [-0.39, 0.29) is 0 Å². The standard InChI is InChI=1S/C51H30N4S/c1-3-16-33(17-4-1)49-52-50(34-18-5-2-6-19-34)54-51(53-49)55-42-29-28-32-15-9-10-21-37(32)44(42)45-46(55)40-23-12-11-22-39(40)43-41-25-13-24-38(47(41)56-48(43)45)36-27-26-31-14-7-8-20-35(31)30-36/h1-30H. The predicted octanol–water partition coefficient (Wildman–Crippen LogP) is 13.8. The van der Waals surface area contributed by atoms with Crippen molar-refractivity contribution in [2.45, 2.75) is 0 Å². The number of nitrogens with zero attached hydrogens (tertiary/aromatic N) is 4. The zero-order chi connectivity index (χ0) is 36.7. The van der Waals surface area contributed by atoms with Crippen LogP contribution in [0.25, 0.3) is 114 Å². The number of fused-ring (bicyclic) bond motifs is 13. The monoisotopic (exact) mass is 730 g/mol. The lowest BCUT2D eigenvalue weighted by molar-refractivity contribution is 0.955. The fraction of sp³-hybridized carbons (Fsp3) is 0. The van der Waals surface area contributed by atoms with Crippen LogP contribution >= 0.6 is 11.3 Å². The molecule has 0 radical (unpaired) electrons. The molecule has 0 unspecified atom stereocenters. The van der Waals surface area contributed by atoms with E-state index >= 15 is 0 Å². The van der Waals surface area contributed by atoms with Gasteiger partial charge in [-0.1, -0.05) is 170 Å². The quantitative estimate of drug-likeness (QED) is 0.181. The Bertz CT molecular complexity index is 3470. The van der Waals surface area contributed by atoms with Crippen LogP contribution < -0.4 is 0 Å². The van der Waals surface area contributed by atoms with Gasteiger partial charge in [-0.15, -0.1) is 11.3 Å². The highest BCUT2D eigenvalue weighted by Crippen LogP contribution is 2.51. The topological polar surface area (TPSA) is 43.6 Å². The second kappa shape index (κ2) is 12.2. The minimum Gasteiger partial charge on any atom is -0.277 e. The zero-order valence-electron chi connectivity index (χ0n) is 30.0. The van der Waals surface area contributed by atoms with E-state index in [1.54, 1.807) is 0 Å². The molecule has 0 spiro atoms. The van der Waals surface area contributed by atoms with E-state index < -0.39 is 0 Å². The first-order valence-corrected chi connectivity index (χ1v) is 19.7. The Morgan fingerprint density at radius 2 is 0.982 bits per heavy atom. The summed E-state index contributed by atoms with van der Waals surface area (Å²) >= 11 is 1.90. The number of benzene rings is 9. The van der Waals surface area contributed by atoms with E-state index in [0.29, 0.717) is 17.6 Å². The number of hydrogen-bond acceptors (Lipinski definition) is 4. The van der Waals surface area contributed by atoms with Crippen LogP contribution in [0, 0.1) is 0 Å². The summed E-state index contributed by atoms with van der Waals surface area (Å²) in [6.45, 7) is 0. The van der Waals surface area contributed by atoms with Crippen molar-refractivity contribution >= 4 is 85.6 Å². The Balaban J connectivity index is 1.27. The molecule has 4 nitrogen and oxygen atoms in total. The third-order valence-electron chi connectivity index (χ3n) is 11.2. The molecule has 0 bridgehead atoms. The molecule has 9 aromatic carbocycles. The summed E-state index contributed by atoms with van der Waals surface area (Å²) < 4.78 is 4.85. The van der Waals surface area contributed by atoms with Gasteiger partial charge in [0.2, 0.25) is 5.95 Å². The van der Waals surface area contributed by atoms with Gasteiger partial charge in [0.15, 0.2) is 11.6 Å². The van der Waals surface area contributed by atoms with Crippen molar-refractivity contribution in [2.75, 3.05) is 0 Å². The lowest BCUT2D eigenvalue weighted by Gasteiger charge is -2.12.